The van der Waals surface area contributed by atoms with Crippen LogP contribution in [0.5, 0.6) is 0 Å². The standard InChI is InChI=1S/C8H4FNO2/c9-4-2-1-3-5-6(4)7(11)8(12)10-5/h1-3H,(H,10,11,12). The lowest BCUT2D eigenvalue weighted by atomic mass is 10.1. The third-order valence-corrected chi connectivity index (χ3v) is 1.70. The molecule has 3 nitrogen and oxygen atoms in total. The fourth-order valence-electron chi connectivity index (χ4n) is 1.15. The molecule has 1 aliphatic heterocycles. The Labute approximate surface area is 67.2 Å². The molecule has 4 heteroatoms. The fourth-order valence-corrected chi connectivity index (χ4v) is 1.15. The Hall–Kier alpha value is -1.71. The van der Waals surface area contributed by atoms with Crippen LogP contribution < -0.4 is 5.32 Å². The van der Waals surface area contributed by atoms with E-state index in [0.29, 0.717) is 0 Å². The molecule has 60 valence electrons. The van der Waals surface area contributed by atoms with Crippen molar-refractivity contribution in [2.45, 2.75) is 0 Å². The number of carbonyl (C=O) groups excluding carboxylic acids is 2. The fraction of sp³-hybridized carbons (Fsp3) is 0. The number of halogens is 1. The summed E-state index contributed by atoms with van der Waals surface area (Å²) in [5.74, 6) is -2.23. The summed E-state index contributed by atoms with van der Waals surface area (Å²) in [6, 6.07) is 4.07. The quantitative estimate of drug-likeness (QED) is 0.582. The van der Waals surface area contributed by atoms with Crippen molar-refractivity contribution < 1.29 is 14.0 Å². The van der Waals surface area contributed by atoms with Crippen molar-refractivity contribution >= 4 is 17.4 Å². The first-order valence-electron chi connectivity index (χ1n) is 3.34. The molecule has 0 unspecified atom stereocenters. The number of benzene rings is 1. The molecule has 0 saturated heterocycles. The van der Waals surface area contributed by atoms with E-state index in [1.165, 1.54) is 12.1 Å². The molecule has 0 bridgehead atoms. The average Bonchev–Trinajstić information content (AvgIpc) is 2.29. The van der Waals surface area contributed by atoms with Gasteiger partial charge >= 0.3 is 0 Å². The number of rotatable bonds is 0. The van der Waals surface area contributed by atoms with Crippen LogP contribution in [0.1, 0.15) is 10.4 Å². The number of nitrogens with one attached hydrogen (secondary N) is 1. The van der Waals surface area contributed by atoms with Gasteiger partial charge in [0.1, 0.15) is 5.82 Å². The molecular weight excluding hydrogens is 161 g/mol. The topological polar surface area (TPSA) is 46.2 Å². The summed E-state index contributed by atoms with van der Waals surface area (Å²) in [6.07, 6.45) is 0. The van der Waals surface area contributed by atoms with E-state index < -0.39 is 17.5 Å². The zero-order valence-electron chi connectivity index (χ0n) is 5.93. The highest BCUT2D eigenvalue weighted by molar-refractivity contribution is 6.51. The van der Waals surface area contributed by atoms with Gasteiger partial charge in [0.25, 0.3) is 11.7 Å². The summed E-state index contributed by atoms with van der Waals surface area (Å²) in [6.45, 7) is 0. The molecule has 1 N–H and O–H groups in total. The molecule has 0 radical (unpaired) electrons. The highest BCUT2D eigenvalue weighted by Crippen LogP contribution is 2.24. The summed E-state index contributed by atoms with van der Waals surface area (Å²) < 4.78 is 12.9. The predicted molar refractivity (Wildman–Crippen MR) is 39.4 cm³/mol. The molecule has 1 aromatic rings. The second-order valence-electron chi connectivity index (χ2n) is 2.45. The minimum atomic E-state index is -0.803. The Morgan fingerprint density at radius 3 is 2.67 bits per heavy atom. The summed E-state index contributed by atoms with van der Waals surface area (Å²) in [7, 11) is 0. The van der Waals surface area contributed by atoms with E-state index in [1.807, 2.05) is 0 Å². The summed E-state index contributed by atoms with van der Waals surface area (Å²) in [4.78, 5) is 21.7. The van der Waals surface area contributed by atoms with Crippen LogP contribution in [-0.4, -0.2) is 11.7 Å². The third kappa shape index (κ3) is 0.747. The summed E-state index contributed by atoms with van der Waals surface area (Å²) in [5.41, 5.74) is 0.104. The van der Waals surface area contributed by atoms with Crippen LogP contribution in [-0.2, 0) is 4.79 Å². The van der Waals surface area contributed by atoms with Crippen LogP contribution in [0, 0.1) is 5.82 Å². The molecule has 0 spiro atoms. The van der Waals surface area contributed by atoms with Crippen molar-refractivity contribution in [2.75, 3.05) is 5.32 Å². The van der Waals surface area contributed by atoms with E-state index in [-0.39, 0.29) is 11.3 Å². The first-order chi connectivity index (χ1) is 5.70. The molecule has 1 aromatic carbocycles. The van der Waals surface area contributed by atoms with Crippen LogP contribution in [0.4, 0.5) is 10.1 Å². The van der Waals surface area contributed by atoms with Crippen molar-refractivity contribution in [1.82, 2.24) is 0 Å². The van der Waals surface area contributed by atoms with E-state index >= 15 is 0 Å². The van der Waals surface area contributed by atoms with E-state index in [2.05, 4.69) is 5.32 Å². The number of carbonyl (C=O) groups is 2. The molecule has 0 aromatic heterocycles. The van der Waals surface area contributed by atoms with Gasteiger partial charge < -0.3 is 5.32 Å². The van der Waals surface area contributed by atoms with Crippen molar-refractivity contribution in [2.24, 2.45) is 0 Å². The highest BCUT2D eigenvalue weighted by Gasteiger charge is 2.30. The van der Waals surface area contributed by atoms with Gasteiger partial charge in [-0.3, -0.25) is 9.59 Å². The monoisotopic (exact) mass is 165 g/mol. The molecule has 1 amide bonds. The molecule has 1 aliphatic rings. The first kappa shape index (κ1) is 6.97. The van der Waals surface area contributed by atoms with Gasteiger partial charge in [0.15, 0.2) is 0 Å². The molecule has 0 aliphatic carbocycles. The lowest BCUT2D eigenvalue weighted by Crippen LogP contribution is -2.12. The molecule has 0 atom stereocenters. The Morgan fingerprint density at radius 1 is 1.25 bits per heavy atom. The highest BCUT2D eigenvalue weighted by atomic mass is 19.1. The van der Waals surface area contributed by atoms with Crippen LogP contribution in [0.3, 0.4) is 0 Å². The zero-order chi connectivity index (χ0) is 8.72. The van der Waals surface area contributed by atoms with Crippen LogP contribution in [0.2, 0.25) is 0 Å². The third-order valence-electron chi connectivity index (χ3n) is 1.70. The molecule has 0 saturated carbocycles. The largest absolute Gasteiger partial charge is 0.318 e. The molecular formula is C8H4FNO2. The Morgan fingerprint density at radius 2 is 2.00 bits per heavy atom. The van der Waals surface area contributed by atoms with Gasteiger partial charge in [-0.1, -0.05) is 6.07 Å². The smallest absolute Gasteiger partial charge is 0.296 e. The van der Waals surface area contributed by atoms with Gasteiger partial charge in [-0.15, -0.1) is 0 Å². The van der Waals surface area contributed by atoms with Crippen molar-refractivity contribution in [3.8, 4) is 0 Å². The Balaban J connectivity index is 2.70. The average molecular weight is 165 g/mol. The van der Waals surface area contributed by atoms with E-state index in [0.717, 1.165) is 6.07 Å². The van der Waals surface area contributed by atoms with Crippen LogP contribution in [0.15, 0.2) is 18.2 Å². The molecule has 0 fully saturated rings. The van der Waals surface area contributed by atoms with Gasteiger partial charge in [-0.2, -0.15) is 0 Å². The van der Waals surface area contributed by atoms with Crippen molar-refractivity contribution in [3.63, 3.8) is 0 Å². The van der Waals surface area contributed by atoms with E-state index in [1.54, 1.807) is 0 Å². The van der Waals surface area contributed by atoms with E-state index in [9.17, 15) is 14.0 Å². The second-order valence-corrected chi connectivity index (χ2v) is 2.45. The Kier molecular flexibility index (Phi) is 1.24. The SMILES string of the molecule is O=C1Nc2cccc(F)c2C1=O. The van der Waals surface area contributed by atoms with Gasteiger partial charge in [-0.25, -0.2) is 4.39 Å². The molecule has 12 heavy (non-hydrogen) atoms. The number of ketones is 1. The summed E-state index contributed by atoms with van der Waals surface area (Å²) in [5, 5.41) is 2.26. The van der Waals surface area contributed by atoms with Crippen molar-refractivity contribution in [3.05, 3.63) is 29.6 Å². The Bertz CT molecular complexity index is 387. The lowest BCUT2D eigenvalue weighted by molar-refractivity contribution is -0.112. The molecule has 1 heterocycles. The zero-order valence-corrected chi connectivity index (χ0v) is 5.93. The van der Waals surface area contributed by atoms with Crippen molar-refractivity contribution in [1.29, 1.82) is 0 Å². The lowest BCUT2D eigenvalue weighted by Gasteiger charge is -1.94. The summed E-state index contributed by atoms with van der Waals surface area (Å²) >= 11 is 0. The number of hydrogen-bond donors (Lipinski definition) is 1. The number of amides is 1. The van der Waals surface area contributed by atoms with Gasteiger partial charge in [0, 0.05) is 0 Å². The number of hydrogen-bond acceptors (Lipinski definition) is 2. The maximum atomic E-state index is 12.9. The van der Waals surface area contributed by atoms with E-state index in [4.69, 9.17) is 0 Å². The van der Waals surface area contributed by atoms with Gasteiger partial charge in [0.05, 0.1) is 11.3 Å². The number of anilines is 1. The second kappa shape index (κ2) is 2.14. The van der Waals surface area contributed by atoms with Crippen LogP contribution in [0.25, 0.3) is 0 Å². The first-order valence-corrected chi connectivity index (χ1v) is 3.34. The minimum absolute atomic E-state index is 0.150. The minimum Gasteiger partial charge on any atom is -0.318 e. The normalized spacial score (nSPS) is 14.4. The number of Topliss-reactive ketones (excluding diaryl/α,β-unsaturated/α-hetero) is 1. The van der Waals surface area contributed by atoms with Crippen LogP contribution >= 0.6 is 0 Å². The number of fused-ring (bicyclic) bond motifs is 1. The van der Waals surface area contributed by atoms with Gasteiger partial charge in [0.2, 0.25) is 0 Å². The maximum absolute atomic E-state index is 12.9. The molecule has 2 rings (SSSR count). The predicted octanol–water partition coefficient (Wildman–Crippen LogP) is 0.960. The van der Waals surface area contributed by atoms with Gasteiger partial charge in [-0.05, 0) is 12.1 Å². The maximum Gasteiger partial charge on any atom is 0.296 e.